The molecule has 2 amide bonds. The standard InChI is InChI=1S/C16H19N3OS.C14H17N3OS/c1-8-9(2)18-19-16-12(8)13(10-6-7-10)14(21-16)15(20)17-11-4-3-5-11;1-7-9(3)16-17-14-11(7)8(2)12(19-14)13(18)15-10-5-4-6-10/h10-11H,3-7H2,1-2H3,(H,17,20);10H,4-6H2,1-3H3,(H,15,18). The van der Waals surface area contributed by atoms with Crippen molar-refractivity contribution in [3.8, 4) is 0 Å². The molecule has 0 aliphatic heterocycles. The number of aryl methyl sites for hydroxylation is 5. The zero-order valence-electron chi connectivity index (χ0n) is 23.8. The lowest BCUT2D eigenvalue weighted by Crippen LogP contribution is -2.39. The Balaban J connectivity index is 0.000000145. The van der Waals surface area contributed by atoms with Crippen molar-refractivity contribution in [3.05, 3.63) is 43.4 Å². The summed E-state index contributed by atoms with van der Waals surface area (Å²) in [6, 6.07) is 0.745. The zero-order chi connectivity index (χ0) is 28.1. The maximum Gasteiger partial charge on any atom is 0.261 e. The summed E-state index contributed by atoms with van der Waals surface area (Å²) in [4.78, 5) is 28.3. The number of fused-ring (bicyclic) bond motifs is 2. The number of nitrogens with zero attached hydrogens (tertiary/aromatic N) is 4. The molecule has 0 saturated heterocycles. The Kier molecular flexibility index (Phi) is 7.33. The Morgan fingerprint density at radius 2 is 1.10 bits per heavy atom. The molecular weight excluding hydrogens is 541 g/mol. The van der Waals surface area contributed by atoms with Gasteiger partial charge >= 0.3 is 0 Å². The second-order valence-electron chi connectivity index (χ2n) is 11.6. The summed E-state index contributed by atoms with van der Waals surface area (Å²) in [5, 5.41) is 25.4. The molecule has 210 valence electrons. The van der Waals surface area contributed by atoms with Gasteiger partial charge < -0.3 is 10.6 Å². The molecular formula is C30H36N6O2S2. The first-order valence-electron chi connectivity index (χ1n) is 14.3. The summed E-state index contributed by atoms with van der Waals surface area (Å²) in [6.07, 6.45) is 9.28. The van der Waals surface area contributed by atoms with E-state index in [2.05, 4.69) is 38.0 Å². The van der Waals surface area contributed by atoms with Gasteiger partial charge in [0.15, 0.2) is 0 Å². The van der Waals surface area contributed by atoms with Crippen LogP contribution in [0.3, 0.4) is 0 Å². The fraction of sp³-hybridized carbons (Fsp3) is 0.533. The van der Waals surface area contributed by atoms with E-state index in [1.165, 1.54) is 64.9 Å². The van der Waals surface area contributed by atoms with Gasteiger partial charge in [-0.05, 0) is 114 Å². The van der Waals surface area contributed by atoms with Crippen molar-refractivity contribution >= 4 is 54.9 Å². The smallest absolute Gasteiger partial charge is 0.261 e. The molecule has 7 rings (SSSR count). The molecule has 2 N–H and O–H groups in total. The van der Waals surface area contributed by atoms with Crippen LogP contribution in [0.25, 0.3) is 20.4 Å². The summed E-state index contributed by atoms with van der Waals surface area (Å²) in [7, 11) is 0. The fourth-order valence-corrected chi connectivity index (χ4v) is 7.64. The van der Waals surface area contributed by atoms with Crippen molar-refractivity contribution in [2.45, 2.75) is 104 Å². The predicted molar refractivity (Wildman–Crippen MR) is 161 cm³/mol. The molecule has 0 atom stereocenters. The summed E-state index contributed by atoms with van der Waals surface area (Å²) >= 11 is 2.96. The van der Waals surface area contributed by atoms with Crippen molar-refractivity contribution in [1.82, 2.24) is 31.0 Å². The number of amides is 2. The molecule has 0 spiro atoms. The van der Waals surface area contributed by atoms with Crippen LogP contribution in [0.15, 0.2) is 0 Å². The van der Waals surface area contributed by atoms with E-state index in [9.17, 15) is 9.59 Å². The Labute approximate surface area is 242 Å². The highest BCUT2D eigenvalue weighted by Gasteiger charge is 2.34. The zero-order valence-corrected chi connectivity index (χ0v) is 25.4. The summed E-state index contributed by atoms with van der Waals surface area (Å²) < 4.78 is 0. The molecule has 3 aliphatic carbocycles. The largest absolute Gasteiger partial charge is 0.349 e. The lowest BCUT2D eigenvalue weighted by atomic mass is 9.93. The third-order valence-corrected chi connectivity index (χ3v) is 11.0. The van der Waals surface area contributed by atoms with E-state index in [1.54, 1.807) is 0 Å². The quantitative estimate of drug-likeness (QED) is 0.286. The Bertz CT molecular complexity index is 1630. The van der Waals surface area contributed by atoms with Crippen LogP contribution in [0, 0.1) is 34.6 Å². The van der Waals surface area contributed by atoms with Gasteiger partial charge in [0.25, 0.3) is 11.8 Å². The van der Waals surface area contributed by atoms with Crippen LogP contribution in [0.1, 0.15) is 110 Å². The molecule has 4 aromatic rings. The van der Waals surface area contributed by atoms with Gasteiger partial charge in [-0.3, -0.25) is 9.59 Å². The number of carbonyl (C=O) groups is 2. The number of thiophene rings is 2. The fourth-order valence-electron chi connectivity index (χ4n) is 5.38. The van der Waals surface area contributed by atoms with Crippen LogP contribution in [-0.2, 0) is 0 Å². The second-order valence-corrected chi connectivity index (χ2v) is 13.6. The SMILES string of the molecule is Cc1nnc2sc(C(=O)NC3CCC3)c(C)c2c1C.Cc1nnc2sc(C(=O)NC3CCC3)c(C3CC3)c2c1C. The number of hydrogen-bond acceptors (Lipinski definition) is 8. The molecule has 40 heavy (non-hydrogen) atoms. The van der Waals surface area contributed by atoms with Gasteiger partial charge in [-0.2, -0.15) is 10.2 Å². The topological polar surface area (TPSA) is 110 Å². The third-order valence-electron chi connectivity index (χ3n) is 8.75. The number of rotatable bonds is 5. The molecule has 3 fully saturated rings. The molecule has 4 aromatic heterocycles. The molecule has 10 heteroatoms. The average molecular weight is 577 g/mol. The first-order valence-corrected chi connectivity index (χ1v) is 16.0. The maximum absolute atomic E-state index is 12.6. The van der Waals surface area contributed by atoms with E-state index in [0.29, 0.717) is 18.0 Å². The van der Waals surface area contributed by atoms with E-state index < -0.39 is 0 Å². The van der Waals surface area contributed by atoms with Crippen LogP contribution in [0.4, 0.5) is 0 Å². The maximum atomic E-state index is 12.6. The highest BCUT2D eigenvalue weighted by molar-refractivity contribution is 7.21. The van der Waals surface area contributed by atoms with Gasteiger partial charge in [0.2, 0.25) is 0 Å². The van der Waals surface area contributed by atoms with E-state index >= 15 is 0 Å². The summed E-state index contributed by atoms with van der Waals surface area (Å²) in [5.74, 6) is 0.687. The molecule has 0 bridgehead atoms. The van der Waals surface area contributed by atoms with Crippen LogP contribution in [0.5, 0.6) is 0 Å². The normalized spacial score (nSPS) is 17.2. The van der Waals surface area contributed by atoms with Gasteiger partial charge in [0.05, 0.1) is 21.1 Å². The van der Waals surface area contributed by atoms with E-state index in [-0.39, 0.29) is 11.8 Å². The van der Waals surface area contributed by atoms with E-state index in [4.69, 9.17) is 0 Å². The molecule has 3 saturated carbocycles. The number of nitrogens with one attached hydrogen (secondary N) is 2. The van der Waals surface area contributed by atoms with Gasteiger partial charge in [-0.1, -0.05) is 0 Å². The van der Waals surface area contributed by atoms with Crippen molar-refractivity contribution < 1.29 is 9.59 Å². The lowest BCUT2D eigenvalue weighted by Gasteiger charge is -2.26. The van der Waals surface area contributed by atoms with Crippen molar-refractivity contribution in [1.29, 1.82) is 0 Å². The Hall–Kier alpha value is -2.98. The minimum Gasteiger partial charge on any atom is -0.349 e. The number of aromatic nitrogens is 4. The van der Waals surface area contributed by atoms with Crippen molar-refractivity contribution in [3.63, 3.8) is 0 Å². The first kappa shape index (κ1) is 27.2. The average Bonchev–Trinajstić information content (AvgIpc) is 3.56. The highest BCUT2D eigenvalue weighted by Crippen LogP contribution is 2.48. The Morgan fingerprint density at radius 1 is 0.625 bits per heavy atom. The number of hydrogen-bond donors (Lipinski definition) is 2. The minimum absolute atomic E-state index is 0.0438. The van der Waals surface area contributed by atoms with Gasteiger partial charge in [0.1, 0.15) is 9.66 Å². The molecule has 4 heterocycles. The second kappa shape index (κ2) is 10.8. The van der Waals surface area contributed by atoms with Crippen molar-refractivity contribution in [2.24, 2.45) is 0 Å². The summed E-state index contributed by atoms with van der Waals surface area (Å²) in [6.45, 7) is 10.1. The van der Waals surface area contributed by atoms with Crippen LogP contribution in [0.2, 0.25) is 0 Å². The van der Waals surface area contributed by atoms with Crippen LogP contribution < -0.4 is 10.6 Å². The molecule has 3 aliphatic rings. The van der Waals surface area contributed by atoms with Gasteiger partial charge in [-0.15, -0.1) is 32.9 Å². The lowest BCUT2D eigenvalue weighted by molar-refractivity contribution is 0.0912. The van der Waals surface area contributed by atoms with Crippen LogP contribution >= 0.6 is 22.7 Å². The third kappa shape index (κ3) is 5.00. The molecule has 0 radical (unpaired) electrons. The minimum atomic E-state index is 0.0438. The van der Waals surface area contributed by atoms with Gasteiger partial charge in [-0.25, -0.2) is 0 Å². The monoisotopic (exact) mass is 576 g/mol. The molecule has 0 aromatic carbocycles. The van der Waals surface area contributed by atoms with Gasteiger partial charge in [0, 0.05) is 22.9 Å². The van der Waals surface area contributed by atoms with Crippen LogP contribution in [-0.4, -0.2) is 44.3 Å². The first-order chi connectivity index (χ1) is 19.2. The van der Waals surface area contributed by atoms with E-state index in [1.807, 2.05) is 27.7 Å². The van der Waals surface area contributed by atoms with Crippen molar-refractivity contribution in [2.75, 3.05) is 0 Å². The summed E-state index contributed by atoms with van der Waals surface area (Å²) in [5.41, 5.74) is 6.48. The van der Waals surface area contributed by atoms with E-state index in [0.717, 1.165) is 73.0 Å². The molecule has 0 unspecified atom stereocenters. The molecule has 8 nitrogen and oxygen atoms in total. The Morgan fingerprint density at radius 3 is 1.60 bits per heavy atom. The highest BCUT2D eigenvalue weighted by atomic mass is 32.1. The predicted octanol–water partition coefficient (Wildman–Crippen LogP) is 6.37. The number of carbonyl (C=O) groups excluding carboxylic acids is 2.